The summed E-state index contributed by atoms with van der Waals surface area (Å²) >= 11 is 0. The van der Waals surface area contributed by atoms with Gasteiger partial charge in [0.2, 0.25) is 0 Å². The van der Waals surface area contributed by atoms with Gasteiger partial charge >= 0.3 is 0 Å². The molecule has 1 atom stereocenters. The van der Waals surface area contributed by atoms with Gasteiger partial charge in [0.05, 0.1) is 19.8 Å². The van der Waals surface area contributed by atoms with E-state index in [9.17, 15) is 9.59 Å². The molecule has 1 aliphatic heterocycles. The van der Waals surface area contributed by atoms with Gasteiger partial charge in [-0.3, -0.25) is 9.59 Å². The molecule has 0 aliphatic carbocycles. The summed E-state index contributed by atoms with van der Waals surface area (Å²) in [5.74, 6) is 1.10. The summed E-state index contributed by atoms with van der Waals surface area (Å²) < 4.78 is 21.9. The molecule has 2 aromatic rings. The molecule has 2 heterocycles. The number of aromatic amines is 1. The van der Waals surface area contributed by atoms with E-state index >= 15 is 0 Å². The van der Waals surface area contributed by atoms with Crippen LogP contribution in [0, 0.1) is 6.92 Å². The third-order valence-corrected chi connectivity index (χ3v) is 4.57. The van der Waals surface area contributed by atoms with Crippen LogP contribution in [0.25, 0.3) is 0 Å². The Bertz CT molecular complexity index is 826. The molecule has 3 rings (SSSR count). The van der Waals surface area contributed by atoms with Crippen LogP contribution < -0.4 is 14.9 Å². The van der Waals surface area contributed by atoms with E-state index in [1.165, 1.54) is 6.07 Å². The number of H-pyrrole nitrogens is 1. The molecule has 1 fully saturated rings. The SMILES string of the molecule is CO.Cc1c(CCc2ccc(OCC=O)cc2)[nH]c(OCC2COCCO2)cc1=O. The lowest BCUT2D eigenvalue weighted by atomic mass is 10.0. The van der Waals surface area contributed by atoms with Crippen molar-refractivity contribution in [1.82, 2.24) is 4.98 Å². The van der Waals surface area contributed by atoms with E-state index in [1.807, 2.05) is 31.2 Å². The smallest absolute Gasteiger partial charge is 0.194 e. The zero-order chi connectivity index (χ0) is 21.8. The van der Waals surface area contributed by atoms with Gasteiger partial charge in [-0.2, -0.15) is 0 Å². The van der Waals surface area contributed by atoms with E-state index < -0.39 is 0 Å². The van der Waals surface area contributed by atoms with Crippen LogP contribution in [0.2, 0.25) is 0 Å². The molecule has 0 bridgehead atoms. The molecule has 164 valence electrons. The topological polar surface area (TPSA) is 107 Å². The van der Waals surface area contributed by atoms with Gasteiger partial charge in [0.15, 0.2) is 17.6 Å². The Kier molecular flexibility index (Phi) is 10.1. The monoisotopic (exact) mass is 419 g/mol. The van der Waals surface area contributed by atoms with Gasteiger partial charge in [0, 0.05) is 24.4 Å². The molecule has 8 nitrogen and oxygen atoms in total. The van der Waals surface area contributed by atoms with Gasteiger partial charge < -0.3 is 29.0 Å². The summed E-state index contributed by atoms with van der Waals surface area (Å²) in [6, 6.07) is 9.05. The number of hydrogen-bond donors (Lipinski definition) is 2. The van der Waals surface area contributed by atoms with Crippen molar-refractivity contribution in [3.63, 3.8) is 0 Å². The Morgan fingerprint density at radius 1 is 1.17 bits per heavy atom. The Hall–Kier alpha value is -2.68. The van der Waals surface area contributed by atoms with E-state index in [1.54, 1.807) is 0 Å². The molecule has 1 aromatic carbocycles. The van der Waals surface area contributed by atoms with Crippen molar-refractivity contribution in [2.24, 2.45) is 0 Å². The molecule has 1 unspecified atom stereocenters. The highest BCUT2D eigenvalue weighted by atomic mass is 16.6. The molecule has 0 saturated carbocycles. The van der Waals surface area contributed by atoms with Crippen LogP contribution in [0.5, 0.6) is 11.6 Å². The Balaban J connectivity index is 0.00000155. The van der Waals surface area contributed by atoms with E-state index in [0.29, 0.717) is 50.0 Å². The first-order valence-corrected chi connectivity index (χ1v) is 9.80. The lowest BCUT2D eigenvalue weighted by Gasteiger charge is -2.23. The highest BCUT2D eigenvalue weighted by Crippen LogP contribution is 2.16. The minimum Gasteiger partial charge on any atom is -0.486 e. The quantitative estimate of drug-likeness (QED) is 0.593. The number of aryl methyl sites for hydroxylation is 2. The Labute approximate surface area is 175 Å². The van der Waals surface area contributed by atoms with Crippen LogP contribution in [0.1, 0.15) is 16.8 Å². The fraction of sp³-hybridized carbons (Fsp3) is 0.455. The average Bonchev–Trinajstić information content (AvgIpc) is 2.80. The molecule has 0 amide bonds. The minimum atomic E-state index is -0.123. The maximum Gasteiger partial charge on any atom is 0.194 e. The third kappa shape index (κ3) is 7.29. The first-order chi connectivity index (χ1) is 14.7. The second kappa shape index (κ2) is 12.8. The first kappa shape index (κ1) is 23.6. The summed E-state index contributed by atoms with van der Waals surface area (Å²) in [6.45, 7) is 3.85. The van der Waals surface area contributed by atoms with Gasteiger partial charge in [0.1, 0.15) is 25.1 Å². The van der Waals surface area contributed by atoms with Gasteiger partial charge in [-0.1, -0.05) is 12.1 Å². The summed E-state index contributed by atoms with van der Waals surface area (Å²) in [5.41, 5.74) is 2.60. The maximum absolute atomic E-state index is 12.3. The molecule has 0 radical (unpaired) electrons. The van der Waals surface area contributed by atoms with E-state index in [2.05, 4.69) is 4.98 Å². The lowest BCUT2D eigenvalue weighted by Crippen LogP contribution is -2.33. The number of hydrogen-bond acceptors (Lipinski definition) is 7. The Morgan fingerprint density at radius 3 is 2.60 bits per heavy atom. The highest BCUT2D eigenvalue weighted by Gasteiger charge is 2.16. The number of carbonyl (C=O) groups is 1. The summed E-state index contributed by atoms with van der Waals surface area (Å²) in [4.78, 5) is 25.8. The zero-order valence-electron chi connectivity index (χ0n) is 17.4. The summed E-state index contributed by atoms with van der Waals surface area (Å²) in [5, 5.41) is 7.00. The molecule has 1 aromatic heterocycles. The largest absolute Gasteiger partial charge is 0.486 e. The standard InChI is InChI=1S/C21H25NO6.CH4O/c1-15-19(7-4-16-2-5-17(6-3-16)26-9-8-23)22-21(12-20(15)24)28-14-18-13-25-10-11-27-18;1-2/h2-3,5-6,8,12,18H,4,7,9-11,13-14H2,1H3,(H,22,24);2H,1H3. The second-order valence-corrected chi connectivity index (χ2v) is 6.60. The Morgan fingerprint density at radius 2 is 1.93 bits per heavy atom. The highest BCUT2D eigenvalue weighted by molar-refractivity contribution is 5.51. The molecular formula is C22H29NO7. The van der Waals surface area contributed by atoms with E-state index in [-0.39, 0.29) is 18.1 Å². The number of aldehydes is 1. The number of aliphatic hydroxyl groups excluding tert-OH is 1. The molecule has 0 spiro atoms. The molecular weight excluding hydrogens is 390 g/mol. The number of nitrogens with one attached hydrogen (secondary N) is 1. The van der Waals surface area contributed by atoms with Crippen LogP contribution >= 0.6 is 0 Å². The van der Waals surface area contributed by atoms with Crippen LogP contribution in [0.4, 0.5) is 0 Å². The van der Waals surface area contributed by atoms with Crippen LogP contribution in [0.15, 0.2) is 35.1 Å². The second-order valence-electron chi connectivity index (χ2n) is 6.60. The lowest BCUT2D eigenvalue weighted by molar-refractivity contribution is -0.109. The van der Waals surface area contributed by atoms with Gasteiger partial charge in [-0.05, 0) is 37.5 Å². The number of ether oxygens (including phenoxy) is 4. The number of carbonyl (C=O) groups excluding carboxylic acids is 1. The molecule has 8 heteroatoms. The first-order valence-electron chi connectivity index (χ1n) is 9.80. The third-order valence-electron chi connectivity index (χ3n) is 4.57. The van der Waals surface area contributed by atoms with Crippen molar-refractivity contribution in [3.8, 4) is 11.6 Å². The zero-order valence-corrected chi connectivity index (χ0v) is 17.4. The summed E-state index contributed by atoms with van der Waals surface area (Å²) in [7, 11) is 1.00. The number of rotatable bonds is 9. The normalized spacial score (nSPS) is 15.6. The minimum absolute atomic E-state index is 0.0462. The van der Waals surface area contributed by atoms with Gasteiger partial charge in [-0.15, -0.1) is 0 Å². The molecule has 2 N–H and O–H groups in total. The van der Waals surface area contributed by atoms with Gasteiger partial charge in [0.25, 0.3) is 0 Å². The van der Waals surface area contributed by atoms with Crippen LogP contribution in [0.3, 0.4) is 0 Å². The van der Waals surface area contributed by atoms with E-state index in [0.717, 1.165) is 31.1 Å². The summed E-state index contributed by atoms with van der Waals surface area (Å²) in [6.07, 6.45) is 2.03. The predicted octanol–water partition coefficient (Wildman–Crippen LogP) is 1.45. The van der Waals surface area contributed by atoms with Crippen molar-refractivity contribution in [2.45, 2.75) is 25.9 Å². The number of aliphatic hydroxyl groups is 1. The number of benzene rings is 1. The molecule has 1 saturated heterocycles. The van der Waals surface area contributed by atoms with Crippen molar-refractivity contribution in [2.75, 3.05) is 40.1 Å². The van der Waals surface area contributed by atoms with Crippen molar-refractivity contribution >= 4 is 6.29 Å². The van der Waals surface area contributed by atoms with E-state index in [4.69, 9.17) is 24.1 Å². The maximum atomic E-state index is 12.3. The fourth-order valence-electron chi connectivity index (χ4n) is 2.95. The van der Waals surface area contributed by atoms with Gasteiger partial charge in [-0.25, -0.2) is 0 Å². The van der Waals surface area contributed by atoms with Crippen LogP contribution in [-0.2, 0) is 27.1 Å². The molecule has 30 heavy (non-hydrogen) atoms. The fourth-order valence-corrected chi connectivity index (χ4v) is 2.95. The number of pyridine rings is 1. The number of aromatic nitrogens is 1. The molecule has 1 aliphatic rings. The van der Waals surface area contributed by atoms with Crippen molar-refractivity contribution in [3.05, 3.63) is 57.4 Å². The average molecular weight is 419 g/mol. The van der Waals surface area contributed by atoms with Crippen molar-refractivity contribution in [1.29, 1.82) is 0 Å². The van der Waals surface area contributed by atoms with Crippen molar-refractivity contribution < 1.29 is 28.8 Å². The predicted molar refractivity (Wildman–Crippen MR) is 111 cm³/mol. The van der Waals surface area contributed by atoms with Crippen LogP contribution in [-0.4, -0.2) is 62.6 Å².